The van der Waals surface area contributed by atoms with Crippen molar-refractivity contribution in [3.8, 4) is 5.75 Å². The predicted octanol–water partition coefficient (Wildman–Crippen LogP) is 2.45. The van der Waals surface area contributed by atoms with Crippen molar-refractivity contribution < 1.29 is 17.7 Å². The van der Waals surface area contributed by atoms with Gasteiger partial charge in [-0.15, -0.1) is 0 Å². The SMILES string of the molecule is CCOc1ccc2ccccc2c1NS(=O)(=O)O. The van der Waals surface area contributed by atoms with Crippen molar-refractivity contribution in [2.24, 2.45) is 0 Å². The number of hydrogen-bond acceptors (Lipinski definition) is 3. The van der Waals surface area contributed by atoms with Crippen LogP contribution in [0.3, 0.4) is 0 Å². The van der Waals surface area contributed by atoms with E-state index < -0.39 is 10.3 Å². The normalized spacial score (nSPS) is 11.4. The van der Waals surface area contributed by atoms with Gasteiger partial charge >= 0.3 is 10.3 Å². The van der Waals surface area contributed by atoms with Gasteiger partial charge in [-0.2, -0.15) is 8.42 Å². The van der Waals surface area contributed by atoms with E-state index in [1.54, 1.807) is 25.1 Å². The zero-order valence-electron chi connectivity index (χ0n) is 9.75. The first-order valence-electron chi connectivity index (χ1n) is 5.41. The summed E-state index contributed by atoms with van der Waals surface area (Å²) in [4.78, 5) is 0. The Labute approximate surface area is 105 Å². The molecular weight excluding hydrogens is 254 g/mol. The molecule has 0 spiro atoms. The summed E-state index contributed by atoms with van der Waals surface area (Å²) in [6, 6.07) is 10.7. The van der Waals surface area contributed by atoms with Crippen molar-refractivity contribution in [3.05, 3.63) is 36.4 Å². The highest BCUT2D eigenvalue weighted by molar-refractivity contribution is 7.87. The molecule has 96 valence electrons. The maximum Gasteiger partial charge on any atom is 0.357 e. The standard InChI is InChI=1S/C12H13NO4S/c1-2-17-11-8-7-9-5-3-4-6-10(9)12(11)13-18(14,15)16/h3-8,13H,2H2,1H3,(H,14,15,16). The monoisotopic (exact) mass is 267 g/mol. The second-order valence-electron chi connectivity index (χ2n) is 3.67. The molecule has 0 unspecified atom stereocenters. The van der Waals surface area contributed by atoms with E-state index in [1.807, 2.05) is 18.2 Å². The van der Waals surface area contributed by atoms with Crippen LogP contribution < -0.4 is 9.46 Å². The van der Waals surface area contributed by atoms with E-state index in [1.165, 1.54) is 0 Å². The molecule has 0 radical (unpaired) electrons. The molecule has 2 rings (SSSR count). The minimum atomic E-state index is -4.34. The molecule has 0 aromatic heterocycles. The van der Waals surface area contributed by atoms with Crippen molar-refractivity contribution in [3.63, 3.8) is 0 Å². The minimum absolute atomic E-state index is 0.248. The molecule has 0 saturated carbocycles. The summed E-state index contributed by atoms with van der Waals surface area (Å²) in [7, 11) is -4.34. The van der Waals surface area contributed by atoms with Crippen LogP contribution in [0.5, 0.6) is 5.75 Å². The molecule has 2 aromatic carbocycles. The zero-order chi connectivity index (χ0) is 13.2. The lowest BCUT2D eigenvalue weighted by Gasteiger charge is -2.13. The van der Waals surface area contributed by atoms with Crippen molar-refractivity contribution in [2.45, 2.75) is 6.92 Å². The van der Waals surface area contributed by atoms with Gasteiger partial charge < -0.3 is 4.74 Å². The molecule has 0 saturated heterocycles. The number of rotatable bonds is 4. The van der Waals surface area contributed by atoms with E-state index in [0.29, 0.717) is 17.7 Å². The number of anilines is 1. The molecule has 0 aliphatic rings. The first-order chi connectivity index (χ1) is 8.51. The number of ether oxygens (including phenoxy) is 1. The molecule has 0 atom stereocenters. The van der Waals surface area contributed by atoms with Crippen molar-refractivity contribution in [1.82, 2.24) is 0 Å². The number of hydrogen-bond donors (Lipinski definition) is 2. The van der Waals surface area contributed by atoms with E-state index >= 15 is 0 Å². The van der Waals surface area contributed by atoms with Crippen LogP contribution in [0.2, 0.25) is 0 Å². The summed E-state index contributed by atoms with van der Waals surface area (Å²) in [5, 5.41) is 1.52. The summed E-state index contributed by atoms with van der Waals surface area (Å²) < 4.78 is 38.3. The summed E-state index contributed by atoms with van der Waals surface area (Å²) in [5.41, 5.74) is 0.248. The van der Waals surface area contributed by atoms with Gasteiger partial charge in [0.15, 0.2) is 0 Å². The molecule has 2 aromatic rings. The first-order valence-corrected chi connectivity index (χ1v) is 6.85. The zero-order valence-corrected chi connectivity index (χ0v) is 10.6. The Bertz CT molecular complexity index is 667. The van der Waals surface area contributed by atoms with Gasteiger partial charge in [0.1, 0.15) is 11.4 Å². The number of nitrogens with one attached hydrogen (secondary N) is 1. The summed E-state index contributed by atoms with van der Waals surface area (Å²) >= 11 is 0. The van der Waals surface area contributed by atoms with Gasteiger partial charge in [-0.3, -0.25) is 9.27 Å². The molecule has 0 bridgehead atoms. The van der Waals surface area contributed by atoms with Crippen LogP contribution in [0, 0.1) is 0 Å². The van der Waals surface area contributed by atoms with Gasteiger partial charge in [-0.25, -0.2) is 0 Å². The molecule has 18 heavy (non-hydrogen) atoms. The molecule has 0 fully saturated rings. The lowest BCUT2D eigenvalue weighted by Crippen LogP contribution is -2.12. The third-order valence-electron chi connectivity index (χ3n) is 2.42. The van der Waals surface area contributed by atoms with Crippen LogP contribution >= 0.6 is 0 Å². The van der Waals surface area contributed by atoms with E-state index in [2.05, 4.69) is 4.72 Å². The molecule has 0 aliphatic heterocycles. The quantitative estimate of drug-likeness (QED) is 0.834. The molecule has 5 nitrogen and oxygen atoms in total. The third-order valence-corrected chi connectivity index (χ3v) is 2.88. The number of fused-ring (bicyclic) bond motifs is 1. The van der Waals surface area contributed by atoms with Crippen molar-refractivity contribution >= 4 is 26.8 Å². The van der Waals surface area contributed by atoms with E-state index in [-0.39, 0.29) is 5.69 Å². The van der Waals surface area contributed by atoms with Gasteiger partial charge in [-0.1, -0.05) is 30.3 Å². The summed E-state index contributed by atoms with van der Waals surface area (Å²) in [5.74, 6) is 0.383. The second kappa shape index (κ2) is 4.83. The fourth-order valence-corrected chi connectivity index (χ4v) is 2.23. The Morgan fingerprint density at radius 2 is 1.94 bits per heavy atom. The Hall–Kier alpha value is -1.79. The third kappa shape index (κ3) is 2.72. The summed E-state index contributed by atoms with van der Waals surface area (Å²) in [6.45, 7) is 2.20. The van der Waals surface area contributed by atoms with Gasteiger partial charge in [0, 0.05) is 5.39 Å². The molecule has 2 N–H and O–H groups in total. The Morgan fingerprint density at radius 3 is 2.61 bits per heavy atom. The highest BCUT2D eigenvalue weighted by atomic mass is 32.2. The Balaban J connectivity index is 2.66. The molecule has 0 amide bonds. The fourth-order valence-electron chi connectivity index (χ4n) is 1.76. The van der Waals surface area contributed by atoms with Crippen LogP contribution in [0.15, 0.2) is 36.4 Å². The second-order valence-corrected chi connectivity index (χ2v) is 4.82. The topological polar surface area (TPSA) is 75.6 Å². The first kappa shape index (κ1) is 12.7. The van der Waals surface area contributed by atoms with E-state index in [4.69, 9.17) is 9.29 Å². The van der Waals surface area contributed by atoms with Crippen molar-refractivity contribution in [2.75, 3.05) is 11.3 Å². The maximum atomic E-state index is 11.0. The maximum absolute atomic E-state index is 11.0. The smallest absolute Gasteiger partial charge is 0.357 e. The van der Waals surface area contributed by atoms with Gasteiger partial charge in [0.05, 0.1) is 6.61 Å². The summed E-state index contributed by atoms with van der Waals surface area (Å²) in [6.07, 6.45) is 0. The fraction of sp³-hybridized carbons (Fsp3) is 0.167. The van der Waals surface area contributed by atoms with Crippen LogP contribution in [-0.4, -0.2) is 19.6 Å². The average molecular weight is 267 g/mol. The van der Waals surface area contributed by atoms with Gasteiger partial charge in [0.2, 0.25) is 0 Å². The largest absolute Gasteiger partial charge is 0.492 e. The minimum Gasteiger partial charge on any atom is -0.492 e. The van der Waals surface area contributed by atoms with Gasteiger partial charge in [-0.05, 0) is 18.4 Å². The van der Waals surface area contributed by atoms with Crippen LogP contribution in [0.25, 0.3) is 10.8 Å². The van der Waals surface area contributed by atoms with E-state index in [9.17, 15) is 8.42 Å². The Morgan fingerprint density at radius 1 is 1.22 bits per heavy atom. The molecule has 0 aliphatic carbocycles. The molecular formula is C12H13NO4S. The average Bonchev–Trinajstić information content (AvgIpc) is 2.31. The predicted molar refractivity (Wildman–Crippen MR) is 70.3 cm³/mol. The highest BCUT2D eigenvalue weighted by Crippen LogP contribution is 2.33. The Kier molecular flexibility index (Phi) is 3.40. The lowest BCUT2D eigenvalue weighted by atomic mass is 10.1. The molecule has 0 heterocycles. The van der Waals surface area contributed by atoms with Crippen molar-refractivity contribution in [1.29, 1.82) is 0 Å². The van der Waals surface area contributed by atoms with Crippen LogP contribution in [0.4, 0.5) is 5.69 Å². The van der Waals surface area contributed by atoms with Crippen LogP contribution in [0.1, 0.15) is 6.92 Å². The number of benzene rings is 2. The lowest BCUT2D eigenvalue weighted by molar-refractivity contribution is 0.342. The van der Waals surface area contributed by atoms with E-state index in [0.717, 1.165) is 5.39 Å². The highest BCUT2D eigenvalue weighted by Gasteiger charge is 2.13. The molecule has 6 heteroatoms. The van der Waals surface area contributed by atoms with Crippen LogP contribution in [-0.2, 0) is 10.3 Å². The van der Waals surface area contributed by atoms with Gasteiger partial charge in [0.25, 0.3) is 0 Å².